The van der Waals surface area contributed by atoms with Gasteiger partial charge in [0.1, 0.15) is 11.6 Å². The predicted molar refractivity (Wildman–Crippen MR) is 77.3 cm³/mol. The summed E-state index contributed by atoms with van der Waals surface area (Å²) in [5.74, 6) is -0.266. The number of unbranched alkanes of at least 4 members (excludes halogenated alkanes) is 1. The van der Waals surface area contributed by atoms with E-state index in [1.165, 1.54) is 23.3 Å². The fourth-order valence-electron chi connectivity index (χ4n) is 1.71. The van der Waals surface area contributed by atoms with Crippen molar-refractivity contribution in [1.82, 2.24) is 4.90 Å². The highest BCUT2D eigenvalue weighted by Gasteiger charge is 2.10. The van der Waals surface area contributed by atoms with Crippen molar-refractivity contribution in [2.45, 2.75) is 26.2 Å². The number of benzene rings is 1. The summed E-state index contributed by atoms with van der Waals surface area (Å²) in [5.41, 5.74) is 2.33. The van der Waals surface area contributed by atoms with Crippen LogP contribution in [0.3, 0.4) is 0 Å². The molecule has 0 aliphatic carbocycles. The lowest BCUT2D eigenvalue weighted by Gasteiger charge is -2.08. The summed E-state index contributed by atoms with van der Waals surface area (Å²) < 4.78 is 0. The van der Waals surface area contributed by atoms with Crippen LogP contribution in [0.4, 0.5) is 0 Å². The van der Waals surface area contributed by atoms with Crippen LogP contribution in [0.15, 0.2) is 29.8 Å². The quantitative estimate of drug-likeness (QED) is 0.600. The second kappa shape index (κ2) is 7.38. The zero-order valence-corrected chi connectivity index (χ0v) is 11.8. The van der Waals surface area contributed by atoms with Gasteiger partial charge >= 0.3 is 0 Å². The van der Waals surface area contributed by atoms with Crippen molar-refractivity contribution in [3.8, 4) is 6.07 Å². The molecule has 0 atom stereocenters. The maximum atomic E-state index is 11.7. The van der Waals surface area contributed by atoms with Gasteiger partial charge in [0.05, 0.1) is 0 Å². The highest BCUT2D eigenvalue weighted by Crippen LogP contribution is 2.12. The fourth-order valence-corrected chi connectivity index (χ4v) is 1.71. The van der Waals surface area contributed by atoms with Crippen molar-refractivity contribution in [3.05, 3.63) is 41.0 Å². The lowest BCUT2D eigenvalue weighted by Crippen LogP contribution is -2.22. The lowest BCUT2D eigenvalue weighted by molar-refractivity contribution is -0.124. The normalized spacial score (nSPS) is 10.9. The van der Waals surface area contributed by atoms with E-state index in [0.29, 0.717) is 0 Å². The molecule has 1 rings (SSSR count). The van der Waals surface area contributed by atoms with Gasteiger partial charge in [-0.25, -0.2) is 0 Å². The maximum Gasteiger partial charge on any atom is 0.264 e. The molecule has 0 N–H and O–H groups in total. The number of carbonyl (C=O) groups is 1. The Kier molecular flexibility index (Phi) is 5.81. The van der Waals surface area contributed by atoms with Gasteiger partial charge in [-0.2, -0.15) is 5.26 Å². The Bertz CT molecular complexity index is 492. The molecule has 100 valence electrons. The van der Waals surface area contributed by atoms with E-state index in [-0.39, 0.29) is 11.5 Å². The summed E-state index contributed by atoms with van der Waals surface area (Å²) in [6.07, 6.45) is 5.06. The Balaban J connectivity index is 2.86. The van der Waals surface area contributed by atoms with Gasteiger partial charge in [0, 0.05) is 14.1 Å². The van der Waals surface area contributed by atoms with Crippen LogP contribution in [0.25, 0.3) is 6.08 Å². The number of hydrogen-bond donors (Lipinski definition) is 0. The van der Waals surface area contributed by atoms with Crippen LogP contribution < -0.4 is 0 Å². The summed E-state index contributed by atoms with van der Waals surface area (Å²) in [4.78, 5) is 13.1. The molecule has 1 amide bonds. The minimum atomic E-state index is -0.266. The molecule has 0 spiro atoms. The number of hydrogen-bond acceptors (Lipinski definition) is 2. The van der Waals surface area contributed by atoms with E-state index in [1.54, 1.807) is 20.2 Å². The molecule has 0 aromatic heterocycles. The SMILES string of the molecule is CCCCc1ccc(/C=C(\C#N)C(=O)N(C)C)cc1. The monoisotopic (exact) mass is 256 g/mol. The summed E-state index contributed by atoms with van der Waals surface area (Å²) in [7, 11) is 3.28. The number of nitriles is 1. The van der Waals surface area contributed by atoms with E-state index >= 15 is 0 Å². The number of carbonyl (C=O) groups excluding carboxylic acids is 1. The first kappa shape index (κ1) is 15.0. The van der Waals surface area contributed by atoms with E-state index in [4.69, 9.17) is 5.26 Å². The first-order chi connectivity index (χ1) is 9.08. The molecule has 0 aliphatic rings. The Morgan fingerprint density at radius 3 is 2.42 bits per heavy atom. The molecule has 0 saturated carbocycles. The molecular weight excluding hydrogens is 236 g/mol. The molecule has 0 aliphatic heterocycles. The molecule has 1 aromatic rings. The van der Waals surface area contributed by atoms with E-state index in [2.05, 4.69) is 19.1 Å². The topological polar surface area (TPSA) is 44.1 Å². The first-order valence-corrected chi connectivity index (χ1v) is 6.51. The average Bonchev–Trinajstić information content (AvgIpc) is 2.43. The van der Waals surface area contributed by atoms with Crippen molar-refractivity contribution < 1.29 is 4.79 Å². The minimum absolute atomic E-state index is 0.159. The molecule has 3 nitrogen and oxygen atoms in total. The van der Waals surface area contributed by atoms with Crippen molar-refractivity contribution in [1.29, 1.82) is 5.26 Å². The molecule has 0 unspecified atom stereocenters. The third kappa shape index (κ3) is 4.59. The van der Waals surface area contributed by atoms with Gasteiger partial charge in [0.2, 0.25) is 0 Å². The highest BCUT2D eigenvalue weighted by molar-refractivity contribution is 6.01. The van der Waals surface area contributed by atoms with Crippen LogP contribution in [0.5, 0.6) is 0 Å². The molecule has 0 heterocycles. The van der Waals surface area contributed by atoms with Crippen molar-refractivity contribution in [2.75, 3.05) is 14.1 Å². The summed E-state index contributed by atoms with van der Waals surface area (Å²) in [6, 6.07) is 9.95. The van der Waals surface area contributed by atoms with Crippen LogP contribution in [0.2, 0.25) is 0 Å². The lowest BCUT2D eigenvalue weighted by atomic mass is 10.0. The van der Waals surface area contributed by atoms with Gasteiger partial charge < -0.3 is 4.90 Å². The molecule has 3 heteroatoms. The average molecular weight is 256 g/mol. The van der Waals surface area contributed by atoms with Crippen LogP contribution in [0, 0.1) is 11.3 Å². The predicted octanol–water partition coefficient (Wildman–Crippen LogP) is 3.02. The molecule has 1 aromatic carbocycles. The number of nitrogens with zero attached hydrogens (tertiary/aromatic N) is 2. The first-order valence-electron chi connectivity index (χ1n) is 6.51. The van der Waals surface area contributed by atoms with E-state index in [1.807, 2.05) is 18.2 Å². The Labute approximate surface area is 115 Å². The largest absolute Gasteiger partial charge is 0.344 e. The number of likely N-dealkylation sites (N-methyl/N-ethyl adjacent to an activating group) is 1. The number of rotatable bonds is 5. The number of aryl methyl sites for hydroxylation is 1. The Morgan fingerprint density at radius 2 is 1.95 bits per heavy atom. The maximum absolute atomic E-state index is 11.7. The summed E-state index contributed by atoms with van der Waals surface area (Å²) >= 11 is 0. The van der Waals surface area contributed by atoms with Crippen molar-refractivity contribution >= 4 is 12.0 Å². The van der Waals surface area contributed by atoms with E-state index in [9.17, 15) is 4.79 Å². The van der Waals surface area contributed by atoms with Gasteiger partial charge in [-0.3, -0.25) is 4.79 Å². The smallest absolute Gasteiger partial charge is 0.264 e. The third-order valence-electron chi connectivity index (χ3n) is 2.87. The van der Waals surface area contributed by atoms with Gasteiger partial charge in [-0.1, -0.05) is 37.6 Å². The van der Waals surface area contributed by atoms with Gasteiger partial charge in [0.25, 0.3) is 5.91 Å². The minimum Gasteiger partial charge on any atom is -0.344 e. The van der Waals surface area contributed by atoms with Crippen LogP contribution in [-0.4, -0.2) is 24.9 Å². The van der Waals surface area contributed by atoms with E-state index < -0.39 is 0 Å². The molecule has 19 heavy (non-hydrogen) atoms. The Hall–Kier alpha value is -2.08. The standard InChI is InChI=1S/C16H20N2O/c1-4-5-6-13-7-9-14(10-8-13)11-15(12-17)16(19)18(2)3/h7-11H,4-6H2,1-3H3/b15-11+. The second-order valence-corrected chi connectivity index (χ2v) is 4.71. The van der Waals surface area contributed by atoms with Gasteiger partial charge in [0.15, 0.2) is 0 Å². The van der Waals surface area contributed by atoms with Crippen LogP contribution in [0.1, 0.15) is 30.9 Å². The molecule has 0 radical (unpaired) electrons. The zero-order chi connectivity index (χ0) is 14.3. The van der Waals surface area contributed by atoms with Crippen molar-refractivity contribution in [3.63, 3.8) is 0 Å². The highest BCUT2D eigenvalue weighted by atomic mass is 16.2. The van der Waals surface area contributed by atoms with Crippen LogP contribution >= 0.6 is 0 Å². The summed E-state index contributed by atoms with van der Waals surface area (Å²) in [5, 5.41) is 9.01. The zero-order valence-electron chi connectivity index (χ0n) is 11.8. The van der Waals surface area contributed by atoms with Crippen LogP contribution in [-0.2, 0) is 11.2 Å². The third-order valence-corrected chi connectivity index (χ3v) is 2.87. The van der Waals surface area contributed by atoms with Gasteiger partial charge in [-0.05, 0) is 30.0 Å². The van der Waals surface area contributed by atoms with Crippen molar-refractivity contribution in [2.24, 2.45) is 0 Å². The summed E-state index contributed by atoms with van der Waals surface area (Å²) in [6.45, 7) is 2.17. The second-order valence-electron chi connectivity index (χ2n) is 4.71. The Morgan fingerprint density at radius 1 is 1.32 bits per heavy atom. The fraction of sp³-hybridized carbons (Fsp3) is 0.375. The van der Waals surface area contributed by atoms with E-state index in [0.717, 1.165) is 12.0 Å². The molecular formula is C16H20N2O. The number of amides is 1. The molecule has 0 saturated heterocycles. The van der Waals surface area contributed by atoms with Gasteiger partial charge in [-0.15, -0.1) is 0 Å². The molecule has 0 fully saturated rings. The molecule has 0 bridgehead atoms.